The number of esters is 1. The van der Waals surface area contributed by atoms with E-state index in [1.165, 1.54) is 10.0 Å². The van der Waals surface area contributed by atoms with Crippen LogP contribution in [0.2, 0.25) is 0 Å². The summed E-state index contributed by atoms with van der Waals surface area (Å²) in [6.07, 6.45) is 1.56. The molecule has 0 radical (unpaired) electrons. The van der Waals surface area contributed by atoms with Crippen LogP contribution in [-0.2, 0) is 28.7 Å². The van der Waals surface area contributed by atoms with Gasteiger partial charge in [0.2, 0.25) is 18.1 Å². The van der Waals surface area contributed by atoms with Crippen LogP contribution in [0.25, 0.3) is 10.8 Å². The molecule has 2 unspecified atom stereocenters. The molecule has 3 aliphatic heterocycles. The first-order chi connectivity index (χ1) is 18.4. The highest BCUT2D eigenvalue weighted by Crippen LogP contribution is 2.26. The van der Waals surface area contributed by atoms with Crippen molar-refractivity contribution < 1.29 is 33.4 Å². The maximum atomic E-state index is 13.7. The second kappa shape index (κ2) is 10.7. The molecule has 3 aliphatic rings. The molecule has 1 aromatic carbocycles. The number of rotatable bonds is 6. The minimum Gasteiger partial charge on any atom is -0.433 e. The Bertz CT molecular complexity index is 1280. The first-order valence-corrected chi connectivity index (χ1v) is 12.8. The molecule has 4 amide bonds. The van der Waals surface area contributed by atoms with E-state index in [-0.39, 0.29) is 44.0 Å². The quantitative estimate of drug-likeness (QED) is 0.525. The van der Waals surface area contributed by atoms with Gasteiger partial charge in [-0.2, -0.15) is 0 Å². The van der Waals surface area contributed by atoms with Gasteiger partial charge in [0.05, 0.1) is 6.42 Å². The summed E-state index contributed by atoms with van der Waals surface area (Å²) in [4.78, 5) is 69.0. The summed E-state index contributed by atoms with van der Waals surface area (Å²) in [5, 5.41) is 9.65. The highest BCUT2D eigenvalue weighted by molar-refractivity contribution is 6.00. The van der Waals surface area contributed by atoms with Gasteiger partial charge in [0, 0.05) is 31.2 Å². The van der Waals surface area contributed by atoms with Gasteiger partial charge in [-0.1, -0.05) is 24.3 Å². The van der Waals surface area contributed by atoms with Gasteiger partial charge in [0.15, 0.2) is 0 Å². The van der Waals surface area contributed by atoms with Gasteiger partial charge in [-0.05, 0) is 37.6 Å². The smallest absolute Gasteiger partial charge is 0.310 e. The number of ether oxygens (including phenoxy) is 2. The van der Waals surface area contributed by atoms with E-state index >= 15 is 0 Å². The molecule has 0 saturated carbocycles. The topological polar surface area (TPSA) is 147 Å². The molecule has 4 heterocycles. The molecule has 5 rings (SSSR count). The van der Waals surface area contributed by atoms with E-state index in [4.69, 9.17) is 9.47 Å². The fourth-order valence-corrected chi connectivity index (χ4v) is 5.09. The third-order valence-electron chi connectivity index (χ3n) is 6.95. The van der Waals surface area contributed by atoms with Crippen molar-refractivity contribution in [3.05, 3.63) is 42.2 Å². The van der Waals surface area contributed by atoms with Gasteiger partial charge < -0.3 is 20.1 Å². The van der Waals surface area contributed by atoms with E-state index in [9.17, 15) is 24.0 Å². The van der Waals surface area contributed by atoms with Crippen molar-refractivity contribution in [2.45, 2.75) is 63.4 Å². The summed E-state index contributed by atoms with van der Waals surface area (Å²) in [5.41, 5.74) is 0.143. The van der Waals surface area contributed by atoms with Crippen LogP contribution in [0.15, 0.2) is 36.5 Å². The number of amides is 4. The van der Waals surface area contributed by atoms with E-state index in [0.717, 1.165) is 10.8 Å². The lowest BCUT2D eigenvalue weighted by Gasteiger charge is -2.43. The first kappa shape index (κ1) is 25.6. The average molecular weight is 524 g/mol. The molecule has 3 fully saturated rings. The Balaban J connectivity index is 1.34. The first-order valence-electron chi connectivity index (χ1n) is 12.8. The van der Waals surface area contributed by atoms with Crippen LogP contribution in [0.3, 0.4) is 0 Å². The molecule has 0 aliphatic carbocycles. The molecule has 12 heteroatoms. The number of cyclic esters (lactones) is 1. The number of carbonyl (C=O) groups is 5. The second-order valence-corrected chi connectivity index (χ2v) is 9.47. The minimum atomic E-state index is -1.02. The number of nitrogens with one attached hydrogen (secondary N) is 2. The zero-order valence-corrected chi connectivity index (χ0v) is 20.9. The molecule has 0 spiro atoms. The molecule has 1 aromatic heterocycles. The minimum absolute atomic E-state index is 0.0318. The monoisotopic (exact) mass is 523 g/mol. The Morgan fingerprint density at radius 1 is 1.13 bits per heavy atom. The number of hydrogen-bond acceptors (Lipinski definition) is 8. The summed E-state index contributed by atoms with van der Waals surface area (Å²) in [7, 11) is 0. The van der Waals surface area contributed by atoms with Gasteiger partial charge in [0.1, 0.15) is 23.8 Å². The Hall–Kier alpha value is -4.06. The van der Waals surface area contributed by atoms with Crippen LogP contribution >= 0.6 is 0 Å². The predicted octanol–water partition coefficient (Wildman–Crippen LogP) is 0.656. The van der Waals surface area contributed by atoms with Crippen LogP contribution in [-0.4, -0.2) is 82.2 Å². The summed E-state index contributed by atoms with van der Waals surface area (Å²) in [6, 6.07) is 6.38. The number of nitrogens with zero attached hydrogens (tertiary/aromatic N) is 3. The number of benzene rings is 1. The summed E-state index contributed by atoms with van der Waals surface area (Å²) in [6.45, 7) is 2.31. The Morgan fingerprint density at radius 3 is 2.71 bits per heavy atom. The molecule has 12 nitrogen and oxygen atoms in total. The van der Waals surface area contributed by atoms with E-state index in [1.807, 2.05) is 24.3 Å². The number of pyridine rings is 1. The fourth-order valence-electron chi connectivity index (χ4n) is 5.09. The zero-order chi connectivity index (χ0) is 26.8. The Morgan fingerprint density at radius 2 is 1.92 bits per heavy atom. The normalized spacial score (nSPS) is 25.6. The van der Waals surface area contributed by atoms with Crippen molar-refractivity contribution in [3.8, 4) is 0 Å². The Kier molecular flexibility index (Phi) is 7.23. The van der Waals surface area contributed by atoms with Crippen molar-refractivity contribution in [2.75, 3.05) is 13.2 Å². The van der Waals surface area contributed by atoms with Gasteiger partial charge in [-0.3, -0.25) is 34.0 Å². The lowest BCUT2D eigenvalue weighted by Crippen LogP contribution is -2.64. The average Bonchev–Trinajstić information content (AvgIpc) is 3.21. The predicted molar refractivity (Wildman–Crippen MR) is 132 cm³/mol. The van der Waals surface area contributed by atoms with Crippen LogP contribution in [0.4, 0.5) is 0 Å². The van der Waals surface area contributed by atoms with E-state index in [2.05, 4.69) is 15.6 Å². The molecule has 3 saturated heterocycles. The highest BCUT2D eigenvalue weighted by Gasteiger charge is 2.46. The standard InChI is InChI=1S/C26H29N5O7/c1-2-37-26-19(13-22(33)38-26)29-24(35)20-8-5-11-30-21(32)10-9-17(25(36)31(20)30)28-23(34)18-12-15-6-3-4-7-16(15)14-27-18/h3-4,6-7,12,14,17,19-20,26H,2,5,8-11,13H2,1H3,(H,28,34)(H,29,35)/t17-,19?,20-,26?/m0/s1. The SMILES string of the molecule is CCOC1OC(=O)CC1NC(=O)[C@@H]1CCCN2C(=O)CC[C@H](NC(=O)c3cc4ccccc4cn3)C(=O)N12. The molecule has 200 valence electrons. The number of fused-ring (bicyclic) bond motifs is 2. The number of hydrazine groups is 1. The van der Waals surface area contributed by atoms with Crippen molar-refractivity contribution in [3.63, 3.8) is 0 Å². The molecular formula is C26H29N5O7. The molecule has 4 atom stereocenters. The van der Waals surface area contributed by atoms with Crippen LogP contribution in [0.1, 0.15) is 49.5 Å². The summed E-state index contributed by atoms with van der Waals surface area (Å²) < 4.78 is 10.5. The largest absolute Gasteiger partial charge is 0.433 e. The fraction of sp³-hybridized carbons (Fsp3) is 0.462. The van der Waals surface area contributed by atoms with Crippen molar-refractivity contribution >= 4 is 40.4 Å². The van der Waals surface area contributed by atoms with Gasteiger partial charge in [0.25, 0.3) is 11.8 Å². The Labute approximate surface area is 218 Å². The summed E-state index contributed by atoms with van der Waals surface area (Å²) >= 11 is 0. The van der Waals surface area contributed by atoms with Gasteiger partial charge in [-0.25, -0.2) is 5.01 Å². The van der Waals surface area contributed by atoms with Crippen LogP contribution in [0, 0.1) is 0 Å². The zero-order valence-electron chi connectivity index (χ0n) is 20.9. The van der Waals surface area contributed by atoms with Crippen molar-refractivity contribution in [2.24, 2.45) is 0 Å². The third kappa shape index (κ3) is 5.03. The van der Waals surface area contributed by atoms with Crippen LogP contribution in [0.5, 0.6) is 0 Å². The van der Waals surface area contributed by atoms with Gasteiger partial charge >= 0.3 is 5.97 Å². The van der Waals surface area contributed by atoms with E-state index < -0.39 is 48.1 Å². The molecule has 2 N–H and O–H groups in total. The van der Waals surface area contributed by atoms with E-state index in [0.29, 0.717) is 12.8 Å². The lowest BCUT2D eigenvalue weighted by molar-refractivity contribution is -0.177. The van der Waals surface area contributed by atoms with Crippen molar-refractivity contribution in [1.82, 2.24) is 25.6 Å². The third-order valence-corrected chi connectivity index (χ3v) is 6.95. The molecule has 0 bridgehead atoms. The van der Waals surface area contributed by atoms with Crippen molar-refractivity contribution in [1.29, 1.82) is 0 Å². The lowest BCUT2D eigenvalue weighted by atomic mass is 10.0. The highest BCUT2D eigenvalue weighted by atomic mass is 16.7. The van der Waals surface area contributed by atoms with Crippen LogP contribution < -0.4 is 10.6 Å². The number of carbonyl (C=O) groups excluding carboxylic acids is 5. The molecule has 38 heavy (non-hydrogen) atoms. The number of hydrogen-bond donors (Lipinski definition) is 2. The number of aromatic nitrogens is 1. The maximum absolute atomic E-state index is 13.7. The van der Waals surface area contributed by atoms with Gasteiger partial charge in [-0.15, -0.1) is 0 Å². The summed E-state index contributed by atoms with van der Waals surface area (Å²) in [5.74, 6) is -2.42. The molecule has 2 aromatic rings. The van der Waals surface area contributed by atoms with E-state index in [1.54, 1.807) is 19.2 Å². The molecular weight excluding hydrogens is 494 g/mol. The second-order valence-electron chi connectivity index (χ2n) is 9.47. The maximum Gasteiger partial charge on any atom is 0.310 e.